The Kier molecular flexibility index (Phi) is 8.97. The van der Waals surface area contributed by atoms with E-state index < -0.39 is 11.3 Å². The van der Waals surface area contributed by atoms with E-state index in [0.29, 0.717) is 40.1 Å². The number of amidine groups is 2. The average molecular weight is 588 g/mol. The van der Waals surface area contributed by atoms with Gasteiger partial charge in [-0.25, -0.2) is 14.3 Å². The van der Waals surface area contributed by atoms with E-state index in [0.717, 1.165) is 5.56 Å². The zero-order valence-corrected chi connectivity index (χ0v) is 24.0. The molecule has 42 heavy (non-hydrogen) atoms. The smallest absolute Gasteiger partial charge is 0.259 e. The second-order valence-electron chi connectivity index (χ2n) is 9.70. The molecule has 2 N–H and O–H groups in total. The molecule has 9 nitrogen and oxygen atoms in total. The molecule has 0 saturated carbocycles. The summed E-state index contributed by atoms with van der Waals surface area (Å²) in [4.78, 5) is 50.4. The molecule has 2 aliphatic heterocycles. The number of carbonyl (C=O) groups excluding carboxylic acids is 3. The van der Waals surface area contributed by atoms with Gasteiger partial charge in [0.2, 0.25) is 11.8 Å². The maximum absolute atomic E-state index is 13.6. The van der Waals surface area contributed by atoms with Crippen LogP contribution in [0.5, 0.6) is 5.75 Å². The predicted molar refractivity (Wildman–Crippen MR) is 161 cm³/mol. The lowest BCUT2D eigenvalue weighted by Gasteiger charge is -2.27. The number of nitrogens with one attached hydrogen (secondary N) is 2. The number of halogens is 1. The van der Waals surface area contributed by atoms with Crippen molar-refractivity contribution >= 4 is 51.9 Å². The fourth-order valence-corrected chi connectivity index (χ4v) is 5.66. The molecule has 2 atom stereocenters. The van der Waals surface area contributed by atoms with Crippen molar-refractivity contribution < 1.29 is 23.5 Å². The van der Waals surface area contributed by atoms with Crippen LogP contribution < -0.4 is 15.4 Å². The van der Waals surface area contributed by atoms with Gasteiger partial charge in [-0.1, -0.05) is 55.1 Å². The minimum absolute atomic E-state index is 0.0857. The number of hydrogen-bond acceptors (Lipinski definition) is 7. The number of aliphatic imine (C=N–C) groups is 2. The van der Waals surface area contributed by atoms with Gasteiger partial charge in [-0.2, -0.15) is 0 Å². The van der Waals surface area contributed by atoms with Gasteiger partial charge >= 0.3 is 0 Å². The van der Waals surface area contributed by atoms with Crippen LogP contribution in [0.4, 0.5) is 15.8 Å². The number of amides is 3. The van der Waals surface area contributed by atoms with Crippen LogP contribution in [0.2, 0.25) is 0 Å². The monoisotopic (exact) mass is 587 g/mol. The molecule has 0 aliphatic carbocycles. The number of carbonyl (C=O) groups is 3. The Balaban J connectivity index is 1.29. The number of ether oxygens (including phenoxy) is 1. The molecule has 0 unspecified atom stereocenters. The van der Waals surface area contributed by atoms with Crippen LogP contribution in [0.3, 0.4) is 0 Å². The fraction of sp³-hybridized carbons (Fsp3) is 0.258. The van der Waals surface area contributed by atoms with Gasteiger partial charge in [0.1, 0.15) is 23.4 Å². The Labute approximate surface area is 247 Å². The molecule has 0 aromatic heterocycles. The second-order valence-corrected chi connectivity index (χ2v) is 10.9. The number of thioether (sulfide) groups is 1. The maximum atomic E-state index is 13.6. The number of benzene rings is 3. The summed E-state index contributed by atoms with van der Waals surface area (Å²) in [7, 11) is 1.54. The van der Waals surface area contributed by atoms with E-state index in [1.165, 1.54) is 35.9 Å². The Morgan fingerprint density at radius 1 is 1.07 bits per heavy atom. The lowest BCUT2D eigenvalue weighted by Crippen LogP contribution is -2.42. The Morgan fingerprint density at radius 3 is 2.57 bits per heavy atom. The van der Waals surface area contributed by atoms with E-state index in [9.17, 15) is 18.8 Å². The third-order valence-corrected chi connectivity index (χ3v) is 8.19. The van der Waals surface area contributed by atoms with E-state index in [2.05, 4.69) is 10.6 Å². The van der Waals surface area contributed by atoms with E-state index in [1.54, 1.807) is 24.3 Å². The summed E-state index contributed by atoms with van der Waals surface area (Å²) >= 11 is 1.20. The summed E-state index contributed by atoms with van der Waals surface area (Å²) in [5.41, 5.74) is 2.69. The van der Waals surface area contributed by atoms with Crippen LogP contribution in [-0.2, 0) is 20.9 Å². The van der Waals surface area contributed by atoms with Crippen molar-refractivity contribution in [1.29, 1.82) is 0 Å². The topological polar surface area (TPSA) is 112 Å². The van der Waals surface area contributed by atoms with Crippen LogP contribution in [0.25, 0.3) is 0 Å². The zero-order valence-electron chi connectivity index (χ0n) is 23.2. The fourth-order valence-electron chi connectivity index (χ4n) is 4.64. The molecule has 0 spiro atoms. The predicted octanol–water partition coefficient (Wildman–Crippen LogP) is 5.04. The van der Waals surface area contributed by atoms with Gasteiger partial charge in [-0.05, 0) is 54.8 Å². The Morgan fingerprint density at radius 2 is 1.81 bits per heavy atom. The number of para-hydroxylation sites is 3. The summed E-state index contributed by atoms with van der Waals surface area (Å²) in [5, 5.41) is 5.54. The van der Waals surface area contributed by atoms with Gasteiger partial charge in [0.15, 0.2) is 5.17 Å². The highest BCUT2D eigenvalue weighted by Crippen LogP contribution is 2.36. The largest absolute Gasteiger partial charge is 0.495 e. The van der Waals surface area contributed by atoms with Gasteiger partial charge < -0.3 is 15.4 Å². The Hall–Kier alpha value is -4.51. The maximum Gasteiger partial charge on any atom is 0.259 e. The van der Waals surface area contributed by atoms with E-state index in [-0.39, 0.29) is 42.9 Å². The summed E-state index contributed by atoms with van der Waals surface area (Å²) < 4.78 is 18.5. The molecule has 3 aromatic rings. The number of fused-ring (bicyclic) bond motifs is 3. The molecular weight excluding hydrogens is 557 g/mol. The SMILES string of the molecule is CC[C@@H](SC1=Nc2ccccc2C2=N[C@H](CCC(=O)NCc3ccc(F)cc3)C(=O)N12)C(=O)Nc1ccccc1OC. The highest BCUT2D eigenvalue weighted by atomic mass is 32.2. The molecule has 216 valence electrons. The summed E-state index contributed by atoms with van der Waals surface area (Å²) in [6, 6.07) is 19.7. The van der Waals surface area contributed by atoms with Gasteiger partial charge in [0.25, 0.3) is 5.91 Å². The van der Waals surface area contributed by atoms with Gasteiger partial charge in [0.05, 0.1) is 23.7 Å². The van der Waals surface area contributed by atoms with Crippen molar-refractivity contribution in [3.8, 4) is 5.75 Å². The first-order valence-electron chi connectivity index (χ1n) is 13.6. The minimum Gasteiger partial charge on any atom is -0.495 e. The zero-order chi connectivity index (χ0) is 29.6. The van der Waals surface area contributed by atoms with Crippen molar-refractivity contribution in [3.05, 3.63) is 89.7 Å². The van der Waals surface area contributed by atoms with Crippen LogP contribution in [0, 0.1) is 5.82 Å². The lowest BCUT2D eigenvalue weighted by atomic mass is 10.1. The van der Waals surface area contributed by atoms with Crippen molar-refractivity contribution in [2.24, 2.45) is 9.98 Å². The van der Waals surface area contributed by atoms with Crippen molar-refractivity contribution in [2.45, 2.75) is 44.0 Å². The molecule has 0 radical (unpaired) electrons. The number of anilines is 1. The third-order valence-electron chi connectivity index (χ3n) is 6.87. The number of hydrogen-bond donors (Lipinski definition) is 2. The van der Waals surface area contributed by atoms with Gasteiger partial charge in [-0.15, -0.1) is 0 Å². The van der Waals surface area contributed by atoms with Crippen LogP contribution in [-0.4, -0.2) is 52.0 Å². The highest BCUT2D eigenvalue weighted by molar-refractivity contribution is 8.15. The Bertz CT molecular complexity index is 1560. The summed E-state index contributed by atoms with van der Waals surface area (Å²) in [5.74, 6) is -0.108. The molecule has 3 amide bonds. The van der Waals surface area contributed by atoms with Gasteiger partial charge in [-0.3, -0.25) is 19.4 Å². The highest BCUT2D eigenvalue weighted by Gasteiger charge is 2.42. The number of rotatable bonds is 10. The van der Waals surface area contributed by atoms with E-state index in [1.807, 2.05) is 43.3 Å². The molecule has 3 aromatic carbocycles. The average Bonchev–Trinajstić information content (AvgIpc) is 3.35. The number of methoxy groups -OCH3 is 1. The van der Waals surface area contributed by atoms with Crippen molar-refractivity contribution in [3.63, 3.8) is 0 Å². The van der Waals surface area contributed by atoms with E-state index >= 15 is 0 Å². The molecule has 0 bridgehead atoms. The summed E-state index contributed by atoms with van der Waals surface area (Å²) in [6.07, 6.45) is 0.778. The molecule has 5 rings (SSSR count). The third kappa shape index (κ3) is 6.36. The van der Waals surface area contributed by atoms with Crippen LogP contribution in [0.15, 0.2) is 82.8 Å². The normalized spacial score (nSPS) is 16.1. The standard InChI is InChI=1S/C31H30FN5O4S/c1-3-26(29(39)35-23-10-6-7-11-25(23)41-2)42-31-36-22-9-5-4-8-21(22)28-34-24(30(40)37(28)31)16-17-27(38)33-18-19-12-14-20(32)15-13-19/h4-15,24,26H,3,16-18H2,1-2H3,(H,33,38)(H,35,39)/t24-,26-/m1/s1. The first kappa shape index (κ1) is 29.0. The van der Waals surface area contributed by atoms with Crippen molar-refractivity contribution in [1.82, 2.24) is 10.2 Å². The summed E-state index contributed by atoms with van der Waals surface area (Å²) in [6.45, 7) is 2.15. The quantitative estimate of drug-likeness (QED) is 0.345. The first-order chi connectivity index (χ1) is 20.4. The van der Waals surface area contributed by atoms with Crippen LogP contribution >= 0.6 is 11.8 Å². The van der Waals surface area contributed by atoms with Gasteiger partial charge in [0, 0.05) is 18.5 Å². The molecule has 0 fully saturated rings. The van der Waals surface area contributed by atoms with Crippen LogP contribution in [0.1, 0.15) is 37.3 Å². The molecule has 2 aliphatic rings. The van der Waals surface area contributed by atoms with E-state index in [4.69, 9.17) is 14.7 Å². The number of nitrogens with zero attached hydrogens (tertiary/aromatic N) is 3. The van der Waals surface area contributed by atoms with Crippen molar-refractivity contribution in [2.75, 3.05) is 12.4 Å². The molecule has 2 heterocycles. The molecule has 0 saturated heterocycles. The lowest BCUT2D eigenvalue weighted by molar-refractivity contribution is -0.125. The molecular formula is C31H30FN5O4S. The minimum atomic E-state index is -0.768. The second kappa shape index (κ2) is 13.0. The molecule has 11 heteroatoms. The first-order valence-corrected chi connectivity index (χ1v) is 14.5.